The van der Waals surface area contributed by atoms with E-state index in [9.17, 15) is 13.2 Å². The summed E-state index contributed by atoms with van der Waals surface area (Å²) < 4.78 is 29.2. The fourth-order valence-electron chi connectivity index (χ4n) is 1.73. The van der Waals surface area contributed by atoms with Crippen molar-refractivity contribution in [2.75, 3.05) is 0 Å². The Bertz CT molecular complexity index is 734. The largest absolute Gasteiger partial charge is 0.481 e. The molecule has 8 heteroatoms. The third kappa shape index (κ3) is 3.88. The summed E-state index contributed by atoms with van der Waals surface area (Å²) in [5.74, 6) is -0.847. The monoisotopic (exact) mass is 310 g/mol. The molecule has 0 spiro atoms. The molecular weight excluding hydrogens is 296 g/mol. The summed E-state index contributed by atoms with van der Waals surface area (Å²) in [6.45, 7) is 1.84. The zero-order valence-corrected chi connectivity index (χ0v) is 12.1. The quantitative estimate of drug-likeness (QED) is 0.854. The number of rotatable bonds is 6. The molecule has 7 nitrogen and oxygen atoms in total. The van der Waals surface area contributed by atoms with Crippen molar-refractivity contribution in [1.29, 1.82) is 0 Å². The molecule has 0 saturated carbocycles. The highest BCUT2D eigenvalue weighted by Crippen LogP contribution is 2.16. The number of carboxylic acid groups (broad SMARTS) is 1. The SMILES string of the molecule is CCc1noc(CS(=O)(=O)c2ccc(CC(=O)O)cc2)n1. The molecule has 0 saturated heterocycles. The number of aromatic nitrogens is 2. The van der Waals surface area contributed by atoms with Crippen LogP contribution < -0.4 is 0 Å². The zero-order valence-electron chi connectivity index (χ0n) is 11.3. The van der Waals surface area contributed by atoms with Gasteiger partial charge in [-0.05, 0) is 17.7 Å². The Balaban J connectivity index is 2.17. The van der Waals surface area contributed by atoms with Crippen molar-refractivity contribution >= 4 is 15.8 Å². The van der Waals surface area contributed by atoms with Gasteiger partial charge in [0.2, 0.25) is 5.89 Å². The van der Waals surface area contributed by atoms with Crippen LogP contribution in [0.25, 0.3) is 0 Å². The molecule has 0 amide bonds. The number of carboxylic acids is 1. The van der Waals surface area contributed by atoms with Crippen LogP contribution in [0.4, 0.5) is 0 Å². The Morgan fingerprint density at radius 3 is 2.48 bits per heavy atom. The van der Waals surface area contributed by atoms with E-state index >= 15 is 0 Å². The molecule has 1 N–H and O–H groups in total. The molecule has 1 aromatic carbocycles. The number of hydrogen-bond acceptors (Lipinski definition) is 6. The molecule has 21 heavy (non-hydrogen) atoms. The van der Waals surface area contributed by atoms with E-state index in [1.165, 1.54) is 24.3 Å². The minimum atomic E-state index is -3.60. The molecule has 1 aromatic heterocycles. The van der Waals surface area contributed by atoms with Crippen LogP contribution >= 0.6 is 0 Å². The van der Waals surface area contributed by atoms with Crippen molar-refractivity contribution in [3.8, 4) is 0 Å². The number of aryl methyl sites for hydroxylation is 1. The van der Waals surface area contributed by atoms with Crippen LogP contribution in [0, 0.1) is 0 Å². The van der Waals surface area contributed by atoms with Crippen LogP contribution in [-0.4, -0.2) is 29.6 Å². The summed E-state index contributed by atoms with van der Waals surface area (Å²) in [5.41, 5.74) is 0.535. The molecular formula is C13H14N2O5S. The van der Waals surface area contributed by atoms with Gasteiger partial charge in [-0.15, -0.1) is 0 Å². The van der Waals surface area contributed by atoms with Crippen molar-refractivity contribution in [1.82, 2.24) is 10.1 Å². The topological polar surface area (TPSA) is 110 Å². The maximum absolute atomic E-state index is 12.2. The third-order valence-corrected chi connectivity index (χ3v) is 4.40. The fraction of sp³-hybridized carbons (Fsp3) is 0.308. The Morgan fingerprint density at radius 1 is 1.29 bits per heavy atom. The van der Waals surface area contributed by atoms with E-state index in [1.807, 2.05) is 6.92 Å². The van der Waals surface area contributed by atoms with Gasteiger partial charge in [0.15, 0.2) is 15.7 Å². The summed E-state index contributed by atoms with van der Waals surface area (Å²) >= 11 is 0. The van der Waals surface area contributed by atoms with Gasteiger partial charge in [0.05, 0.1) is 11.3 Å². The highest BCUT2D eigenvalue weighted by atomic mass is 32.2. The first-order valence-electron chi connectivity index (χ1n) is 6.25. The summed E-state index contributed by atoms with van der Waals surface area (Å²) in [6, 6.07) is 5.72. The molecule has 0 fully saturated rings. The summed E-state index contributed by atoms with van der Waals surface area (Å²) in [6.07, 6.45) is 0.414. The lowest BCUT2D eigenvalue weighted by atomic mass is 10.2. The Kier molecular flexibility index (Phi) is 4.37. The van der Waals surface area contributed by atoms with Crippen molar-refractivity contribution in [3.05, 3.63) is 41.5 Å². The number of hydrogen-bond donors (Lipinski definition) is 1. The summed E-state index contributed by atoms with van der Waals surface area (Å²) in [5, 5.41) is 12.3. The molecule has 1 heterocycles. The average Bonchev–Trinajstić information content (AvgIpc) is 2.85. The molecule has 0 atom stereocenters. The second-order valence-electron chi connectivity index (χ2n) is 4.43. The lowest BCUT2D eigenvalue weighted by Crippen LogP contribution is -2.06. The molecule has 0 aliphatic carbocycles. The predicted octanol–water partition coefficient (Wildman–Crippen LogP) is 1.23. The first-order valence-corrected chi connectivity index (χ1v) is 7.91. The highest BCUT2D eigenvalue weighted by molar-refractivity contribution is 7.90. The molecule has 2 rings (SSSR count). The van der Waals surface area contributed by atoms with Gasteiger partial charge in [-0.1, -0.05) is 24.2 Å². The predicted molar refractivity (Wildman–Crippen MR) is 72.3 cm³/mol. The molecule has 0 radical (unpaired) electrons. The van der Waals surface area contributed by atoms with E-state index < -0.39 is 15.8 Å². The average molecular weight is 310 g/mol. The van der Waals surface area contributed by atoms with Gasteiger partial charge in [0.1, 0.15) is 5.75 Å². The van der Waals surface area contributed by atoms with Gasteiger partial charge < -0.3 is 9.63 Å². The van der Waals surface area contributed by atoms with Crippen molar-refractivity contribution in [2.45, 2.75) is 30.4 Å². The Hall–Kier alpha value is -2.22. The number of carbonyl (C=O) groups is 1. The minimum Gasteiger partial charge on any atom is -0.481 e. The van der Waals surface area contributed by atoms with Crippen LogP contribution in [0.15, 0.2) is 33.7 Å². The van der Waals surface area contributed by atoms with Gasteiger partial charge >= 0.3 is 5.97 Å². The van der Waals surface area contributed by atoms with Gasteiger partial charge in [-0.25, -0.2) is 8.42 Å². The lowest BCUT2D eigenvalue weighted by Gasteiger charge is -2.03. The van der Waals surface area contributed by atoms with Gasteiger partial charge in [-0.2, -0.15) is 4.98 Å². The van der Waals surface area contributed by atoms with E-state index in [1.54, 1.807) is 0 Å². The van der Waals surface area contributed by atoms with E-state index in [0.29, 0.717) is 17.8 Å². The minimum absolute atomic E-state index is 0.0430. The van der Waals surface area contributed by atoms with Crippen LogP contribution in [0.3, 0.4) is 0 Å². The first kappa shape index (κ1) is 15.2. The number of nitrogens with zero attached hydrogens (tertiary/aromatic N) is 2. The zero-order chi connectivity index (χ0) is 15.5. The lowest BCUT2D eigenvalue weighted by molar-refractivity contribution is -0.136. The van der Waals surface area contributed by atoms with E-state index in [2.05, 4.69) is 10.1 Å². The second kappa shape index (κ2) is 6.04. The molecule has 0 aliphatic heterocycles. The molecule has 0 bridgehead atoms. The van der Waals surface area contributed by atoms with E-state index in [-0.39, 0.29) is 23.0 Å². The third-order valence-electron chi connectivity index (χ3n) is 2.78. The van der Waals surface area contributed by atoms with Crippen molar-refractivity contribution < 1.29 is 22.8 Å². The van der Waals surface area contributed by atoms with Gasteiger partial charge in [0, 0.05) is 6.42 Å². The smallest absolute Gasteiger partial charge is 0.307 e. The Morgan fingerprint density at radius 2 is 1.95 bits per heavy atom. The molecule has 112 valence electrons. The van der Waals surface area contributed by atoms with Gasteiger partial charge in [0.25, 0.3) is 0 Å². The van der Waals surface area contributed by atoms with Crippen LogP contribution in [0.5, 0.6) is 0 Å². The van der Waals surface area contributed by atoms with Gasteiger partial charge in [-0.3, -0.25) is 4.79 Å². The maximum Gasteiger partial charge on any atom is 0.307 e. The summed E-state index contributed by atoms with van der Waals surface area (Å²) in [4.78, 5) is 14.6. The van der Waals surface area contributed by atoms with Crippen molar-refractivity contribution in [2.24, 2.45) is 0 Å². The van der Waals surface area contributed by atoms with Crippen LogP contribution in [-0.2, 0) is 33.2 Å². The van der Waals surface area contributed by atoms with Crippen LogP contribution in [0.2, 0.25) is 0 Å². The second-order valence-corrected chi connectivity index (χ2v) is 6.42. The van der Waals surface area contributed by atoms with E-state index in [0.717, 1.165) is 0 Å². The normalized spacial score (nSPS) is 11.5. The molecule has 0 unspecified atom stereocenters. The standard InChI is InChI=1S/C13H14N2O5S/c1-2-11-14-12(20-15-11)8-21(18,19)10-5-3-9(4-6-10)7-13(16)17/h3-6H,2,7-8H2,1H3,(H,16,17). The molecule has 0 aliphatic rings. The molecule has 2 aromatic rings. The number of benzene rings is 1. The summed E-state index contributed by atoms with van der Waals surface area (Å²) in [7, 11) is -3.60. The van der Waals surface area contributed by atoms with E-state index in [4.69, 9.17) is 9.63 Å². The maximum atomic E-state index is 12.2. The van der Waals surface area contributed by atoms with Crippen molar-refractivity contribution in [3.63, 3.8) is 0 Å². The highest BCUT2D eigenvalue weighted by Gasteiger charge is 2.19. The fourth-order valence-corrected chi connectivity index (χ4v) is 2.89. The first-order chi connectivity index (χ1) is 9.90. The number of sulfone groups is 1. The Labute approximate surface area is 121 Å². The number of aliphatic carboxylic acids is 1. The van der Waals surface area contributed by atoms with Crippen LogP contribution in [0.1, 0.15) is 24.2 Å².